The summed E-state index contributed by atoms with van der Waals surface area (Å²) < 4.78 is 5.86. The fraction of sp³-hybridized carbons (Fsp3) is 0.207. The molecule has 1 amide bonds. The minimum absolute atomic E-state index is 0.0631. The van der Waals surface area contributed by atoms with Gasteiger partial charge in [0.15, 0.2) is 6.61 Å². The van der Waals surface area contributed by atoms with Gasteiger partial charge >= 0.3 is 0 Å². The second-order valence-electron chi connectivity index (χ2n) is 8.79. The molecule has 0 aliphatic carbocycles. The van der Waals surface area contributed by atoms with Gasteiger partial charge in [0, 0.05) is 23.0 Å². The highest BCUT2D eigenvalue weighted by atomic mass is 16.5. The molecule has 0 unspecified atom stereocenters. The molecule has 0 radical (unpaired) electrons. The fourth-order valence-electron chi connectivity index (χ4n) is 3.80. The first-order valence-electron chi connectivity index (χ1n) is 11.7. The van der Waals surface area contributed by atoms with E-state index in [2.05, 4.69) is 46.6 Å². The van der Waals surface area contributed by atoms with Crippen molar-refractivity contribution >= 4 is 23.1 Å². The van der Waals surface area contributed by atoms with Crippen molar-refractivity contribution in [1.82, 2.24) is 9.97 Å². The van der Waals surface area contributed by atoms with E-state index in [0.29, 0.717) is 23.2 Å². The molecular weight excluding hydrogens is 436 g/mol. The first kappa shape index (κ1) is 24.0. The van der Waals surface area contributed by atoms with Crippen LogP contribution in [0.15, 0.2) is 78.9 Å². The van der Waals surface area contributed by atoms with Crippen LogP contribution in [0.2, 0.25) is 0 Å². The van der Waals surface area contributed by atoms with Crippen molar-refractivity contribution in [3.8, 4) is 17.0 Å². The number of carbonyl (C=O) groups excluding carboxylic acids is 1. The molecule has 4 aromatic rings. The van der Waals surface area contributed by atoms with E-state index in [1.54, 1.807) is 0 Å². The van der Waals surface area contributed by atoms with Gasteiger partial charge in [-0.2, -0.15) is 0 Å². The summed E-state index contributed by atoms with van der Waals surface area (Å²) in [5.74, 6) is 2.20. The van der Waals surface area contributed by atoms with E-state index >= 15 is 0 Å². The number of rotatable bonds is 8. The highest BCUT2D eigenvalue weighted by Crippen LogP contribution is 2.28. The van der Waals surface area contributed by atoms with Gasteiger partial charge in [-0.15, -0.1) is 0 Å². The van der Waals surface area contributed by atoms with E-state index in [9.17, 15) is 4.79 Å². The second kappa shape index (κ2) is 10.8. The van der Waals surface area contributed by atoms with E-state index in [1.807, 2.05) is 80.6 Å². The van der Waals surface area contributed by atoms with Gasteiger partial charge in [-0.1, -0.05) is 62.4 Å². The Hall–Kier alpha value is -4.19. The molecule has 1 heterocycles. The zero-order chi connectivity index (χ0) is 24.8. The predicted octanol–water partition coefficient (Wildman–Crippen LogP) is 6.64. The average molecular weight is 467 g/mol. The largest absolute Gasteiger partial charge is 0.483 e. The number of hydrogen-bond donors (Lipinski definition) is 2. The molecule has 0 atom stereocenters. The van der Waals surface area contributed by atoms with Gasteiger partial charge < -0.3 is 15.4 Å². The van der Waals surface area contributed by atoms with Crippen LogP contribution < -0.4 is 15.4 Å². The Morgan fingerprint density at radius 2 is 1.66 bits per heavy atom. The van der Waals surface area contributed by atoms with Gasteiger partial charge in [-0.3, -0.25) is 4.79 Å². The molecule has 2 N–H and O–H groups in total. The number of nitrogens with zero attached hydrogens (tertiary/aromatic N) is 2. The lowest BCUT2D eigenvalue weighted by atomic mass is 10.0. The first-order valence-corrected chi connectivity index (χ1v) is 11.7. The minimum atomic E-state index is -0.220. The van der Waals surface area contributed by atoms with Gasteiger partial charge in [-0.05, 0) is 55.2 Å². The maximum atomic E-state index is 12.6. The van der Waals surface area contributed by atoms with Gasteiger partial charge in [0.25, 0.3) is 5.91 Å². The maximum absolute atomic E-state index is 12.6. The van der Waals surface area contributed by atoms with Crippen LogP contribution in [0.1, 0.15) is 36.7 Å². The van der Waals surface area contributed by atoms with Crippen LogP contribution in [-0.4, -0.2) is 22.5 Å². The van der Waals surface area contributed by atoms with Crippen LogP contribution in [0.25, 0.3) is 11.3 Å². The van der Waals surface area contributed by atoms with Gasteiger partial charge in [-0.25, -0.2) is 9.97 Å². The fourth-order valence-corrected chi connectivity index (χ4v) is 3.80. The summed E-state index contributed by atoms with van der Waals surface area (Å²) in [6.45, 7) is 8.03. The molecule has 35 heavy (non-hydrogen) atoms. The second-order valence-corrected chi connectivity index (χ2v) is 8.79. The van der Waals surface area contributed by atoms with Gasteiger partial charge in [0.1, 0.15) is 17.4 Å². The number of carbonyl (C=O) groups is 1. The molecule has 178 valence electrons. The SMILES string of the molecule is Cc1ccc(C(C)C)c(OCC(=O)Nc2cccc(Nc3cc(-c4ccccc4)nc(C)n3)c2)c1. The Kier molecular flexibility index (Phi) is 7.41. The summed E-state index contributed by atoms with van der Waals surface area (Å²) in [5, 5.41) is 6.23. The topological polar surface area (TPSA) is 76.1 Å². The summed E-state index contributed by atoms with van der Waals surface area (Å²) in [7, 11) is 0. The molecule has 0 bridgehead atoms. The average Bonchev–Trinajstić information content (AvgIpc) is 2.83. The Balaban J connectivity index is 1.42. The zero-order valence-corrected chi connectivity index (χ0v) is 20.5. The molecule has 0 saturated carbocycles. The summed E-state index contributed by atoms with van der Waals surface area (Å²) >= 11 is 0. The molecule has 3 aromatic carbocycles. The van der Waals surface area contributed by atoms with E-state index < -0.39 is 0 Å². The van der Waals surface area contributed by atoms with Crippen LogP contribution in [0, 0.1) is 13.8 Å². The number of benzene rings is 3. The lowest BCUT2D eigenvalue weighted by molar-refractivity contribution is -0.118. The lowest BCUT2D eigenvalue weighted by Gasteiger charge is -2.15. The van der Waals surface area contributed by atoms with Gasteiger partial charge in [0.05, 0.1) is 5.69 Å². The smallest absolute Gasteiger partial charge is 0.262 e. The number of nitrogens with one attached hydrogen (secondary N) is 2. The number of ether oxygens (including phenoxy) is 1. The Morgan fingerprint density at radius 1 is 0.886 bits per heavy atom. The molecule has 0 saturated heterocycles. The lowest BCUT2D eigenvalue weighted by Crippen LogP contribution is -2.20. The monoisotopic (exact) mass is 466 g/mol. The zero-order valence-electron chi connectivity index (χ0n) is 20.5. The van der Waals surface area contributed by atoms with Crippen LogP contribution >= 0.6 is 0 Å². The third kappa shape index (κ3) is 6.44. The summed E-state index contributed by atoms with van der Waals surface area (Å²) in [5.41, 5.74) is 5.53. The van der Waals surface area contributed by atoms with Gasteiger partial charge in [0.2, 0.25) is 0 Å². The van der Waals surface area contributed by atoms with E-state index in [4.69, 9.17) is 4.74 Å². The number of aryl methyl sites for hydroxylation is 2. The molecule has 6 heteroatoms. The van der Waals surface area contributed by atoms with Crippen molar-refractivity contribution < 1.29 is 9.53 Å². The van der Waals surface area contributed by atoms with E-state index in [1.165, 1.54) is 0 Å². The Morgan fingerprint density at radius 3 is 2.43 bits per heavy atom. The van der Waals surface area contributed by atoms with Crippen LogP contribution in [0.3, 0.4) is 0 Å². The third-order valence-corrected chi connectivity index (χ3v) is 5.48. The molecule has 0 aliphatic rings. The number of anilines is 3. The summed E-state index contributed by atoms with van der Waals surface area (Å²) in [4.78, 5) is 21.6. The summed E-state index contributed by atoms with van der Waals surface area (Å²) in [6.07, 6.45) is 0. The predicted molar refractivity (Wildman–Crippen MR) is 141 cm³/mol. The quantitative estimate of drug-likeness (QED) is 0.304. The first-order chi connectivity index (χ1) is 16.9. The third-order valence-electron chi connectivity index (χ3n) is 5.48. The Labute approximate surface area is 206 Å². The van der Waals surface area contributed by atoms with E-state index in [-0.39, 0.29) is 12.5 Å². The van der Waals surface area contributed by atoms with E-state index in [0.717, 1.165) is 33.8 Å². The highest BCUT2D eigenvalue weighted by molar-refractivity contribution is 5.92. The number of amides is 1. The standard InChI is InChI=1S/C29H30N4O2/c1-19(2)25-14-13-20(3)15-27(25)35-18-29(34)33-24-12-8-11-23(16-24)32-28-17-26(30-21(4)31-28)22-9-6-5-7-10-22/h5-17,19H,18H2,1-4H3,(H,33,34)(H,30,31,32). The highest BCUT2D eigenvalue weighted by Gasteiger charge is 2.11. The molecule has 6 nitrogen and oxygen atoms in total. The molecule has 0 aliphatic heterocycles. The van der Waals surface area contributed by atoms with Crippen molar-refractivity contribution in [3.63, 3.8) is 0 Å². The van der Waals surface area contributed by atoms with Crippen molar-refractivity contribution in [2.24, 2.45) is 0 Å². The molecule has 4 rings (SSSR count). The maximum Gasteiger partial charge on any atom is 0.262 e. The van der Waals surface area contributed by atoms with Crippen molar-refractivity contribution in [2.75, 3.05) is 17.2 Å². The Bertz CT molecular complexity index is 1320. The van der Waals surface area contributed by atoms with Crippen molar-refractivity contribution in [2.45, 2.75) is 33.6 Å². The molecule has 0 spiro atoms. The number of hydrogen-bond acceptors (Lipinski definition) is 5. The molecule has 0 fully saturated rings. The normalized spacial score (nSPS) is 10.8. The van der Waals surface area contributed by atoms with Crippen LogP contribution in [0.4, 0.5) is 17.2 Å². The molecule has 1 aromatic heterocycles. The minimum Gasteiger partial charge on any atom is -0.483 e. The summed E-state index contributed by atoms with van der Waals surface area (Å²) in [6, 6.07) is 25.5. The molecular formula is C29H30N4O2. The van der Waals surface area contributed by atoms with Crippen LogP contribution in [0.5, 0.6) is 5.75 Å². The van der Waals surface area contributed by atoms with Crippen molar-refractivity contribution in [1.29, 1.82) is 0 Å². The van der Waals surface area contributed by atoms with Crippen LogP contribution in [-0.2, 0) is 4.79 Å². The number of aromatic nitrogens is 2. The van der Waals surface area contributed by atoms with Crippen molar-refractivity contribution in [3.05, 3.63) is 95.8 Å².